The lowest BCUT2D eigenvalue weighted by atomic mass is 9.42. The summed E-state index contributed by atoms with van der Waals surface area (Å²) in [6.07, 6.45) is 1.04. The molecular weight excluding hydrogens is 348 g/mol. The van der Waals surface area contributed by atoms with Crippen LogP contribution in [0.3, 0.4) is 0 Å². The van der Waals surface area contributed by atoms with Gasteiger partial charge in [-0.15, -0.1) is 0 Å². The van der Waals surface area contributed by atoms with Crippen LogP contribution < -0.4 is 0 Å². The van der Waals surface area contributed by atoms with Gasteiger partial charge in [-0.25, -0.2) is 0 Å². The molecule has 0 spiro atoms. The molecule has 0 saturated heterocycles. The Morgan fingerprint density at radius 2 is 1.81 bits per heavy atom. The Labute approximate surface area is 162 Å². The van der Waals surface area contributed by atoms with E-state index in [2.05, 4.69) is 0 Å². The molecule has 2 saturated carbocycles. The lowest BCUT2D eigenvalue weighted by molar-refractivity contribution is -0.208. The molecule has 0 amide bonds. The molecule has 0 aliphatic heterocycles. The first kappa shape index (κ1) is 22.5. The summed E-state index contributed by atoms with van der Waals surface area (Å²) in [4.78, 5) is 26.6. The highest BCUT2D eigenvalue weighted by Gasteiger charge is 2.67. The monoisotopic (exact) mass is 384 g/mol. The van der Waals surface area contributed by atoms with Crippen molar-refractivity contribution in [3.05, 3.63) is 0 Å². The van der Waals surface area contributed by atoms with Crippen LogP contribution in [0.4, 0.5) is 0 Å². The van der Waals surface area contributed by atoms with E-state index in [9.17, 15) is 30.0 Å². The van der Waals surface area contributed by atoms with Gasteiger partial charge in [-0.3, -0.25) is 9.59 Å². The summed E-state index contributed by atoms with van der Waals surface area (Å²) in [6, 6.07) is 0. The van der Waals surface area contributed by atoms with Crippen LogP contribution in [0.25, 0.3) is 0 Å². The van der Waals surface area contributed by atoms with Crippen LogP contribution in [0.15, 0.2) is 0 Å². The summed E-state index contributed by atoms with van der Waals surface area (Å²) in [5.41, 5.74) is -4.07. The summed E-state index contributed by atoms with van der Waals surface area (Å²) in [6.45, 7) is 8.43. The smallest absolute Gasteiger partial charge is 0.167 e. The maximum absolute atomic E-state index is 13.3. The Balaban J connectivity index is 2.67. The van der Waals surface area contributed by atoms with Crippen molar-refractivity contribution >= 4 is 11.6 Å². The fraction of sp³-hybridized carbons (Fsp3) is 0.905. The maximum Gasteiger partial charge on any atom is 0.167 e. The van der Waals surface area contributed by atoms with Gasteiger partial charge in [-0.2, -0.15) is 0 Å². The van der Waals surface area contributed by atoms with Gasteiger partial charge < -0.3 is 20.4 Å². The topological polar surface area (TPSA) is 115 Å². The fourth-order valence-electron chi connectivity index (χ4n) is 6.57. The van der Waals surface area contributed by atoms with Crippen LogP contribution in [0, 0.1) is 35.0 Å². The molecule has 156 valence electrons. The molecule has 8 atom stereocenters. The second-order valence-electron chi connectivity index (χ2n) is 9.45. The van der Waals surface area contributed by atoms with Gasteiger partial charge in [-0.1, -0.05) is 34.1 Å². The molecule has 6 heteroatoms. The van der Waals surface area contributed by atoms with E-state index in [1.807, 2.05) is 27.7 Å². The normalized spacial score (nSPS) is 46.0. The molecule has 2 aliphatic rings. The van der Waals surface area contributed by atoms with Crippen molar-refractivity contribution in [3.8, 4) is 0 Å². The van der Waals surface area contributed by atoms with Crippen molar-refractivity contribution in [1.29, 1.82) is 0 Å². The van der Waals surface area contributed by atoms with Crippen LogP contribution in [-0.2, 0) is 9.59 Å². The number of carbonyl (C=O) groups excluding carboxylic acids is 2. The molecule has 6 nitrogen and oxygen atoms in total. The molecule has 1 unspecified atom stereocenters. The largest absolute Gasteiger partial charge is 0.396 e. The van der Waals surface area contributed by atoms with Gasteiger partial charge in [0.2, 0.25) is 0 Å². The first-order valence-electron chi connectivity index (χ1n) is 10.1. The van der Waals surface area contributed by atoms with Crippen LogP contribution in [-0.4, -0.2) is 56.4 Å². The number of ketones is 2. The highest BCUT2D eigenvalue weighted by Crippen LogP contribution is 2.61. The summed E-state index contributed by atoms with van der Waals surface area (Å²) in [7, 11) is 0. The van der Waals surface area contributed by atoms with Crippen LogP contribution in [0.2, 0.25) is 0 Å². The standard InChI is InChI=1S/C21H36O6/c1-6-12(2)17-19(4,15(24)7-8-22)16-13(3)9-21(27,11-23)10-14(16)18(25)20(17,5)26/h12-14,16-17,22-23,26-27H,6-11H2,1-5H3/t12-,13-,14+,16?,17-,19-,20+,21-/m1/s1. The molecule has 0 heterocycles. The van der Waals surface area contributed by atoms with Crippen molar-refractivity contribution in [3.63, 3.8) is 0 Å². The Morgan fingerprint density at radius 1 is 1.22 bits per heavy atom. The lowest BCUT2D eigenvalue weighted by Gasteiger charge is -2.61. The van der Waals surface area contributed by atoms with Gasteiger partial charge in [0.15, 0.2) is 5.78 Å². The van der Waals surface area contributed by atoms with E-state index in [-0.39, 0.29) is 48.8 Å². The zero-order valence-corrected chi connectivity index (χ0v) is 17.2. The third-order valence-corrected chi connectivity index (χ3v) is 7.58. The minimum Gasteiger partial charge on any atom is -0.396 e. The predicted octanol–water partition coefficient (Wildman–Crippen LogP) is 1.33. The molecule has 0 aromatic heterocycles. The number of aliphatic hydroxyl groups excluding tert-OH is 2. The van der Waals surface area contributed by atoms with E-state index >= 15 is 0 Å². The van der Waals surface area contributed by atoms with Gasteiger partial charge in [0, 0.05) is 30.3 Å². The summed E-state index contributed by atoms with van der Waals surface area (Å²) < 4.78 is 0. The average molecular weight is 385 g/mol. The first-order chi connectivity index (χ1) is 12.4. The molecule has 0 radical (unpaired) electrons. The number of hydrogen-bond donors (Lipinski definition) is 4. The Bertz CT molecular complexity index is 587. The highest BCUT2D eigenvalue weighted by molar-refractivity contribution is 5.95. The minimum atomic E-state index is -1.70. The van der Waals surface area contributed by atoms with Gasteiger partial charge in [0.1, 0.15) is 11.4 Å². The Kier molecular flexibility index (Phi) is 6.28. The van der Waals surface area contributed by atoms with Crippen molar-refractivity contribution in [2.45, 2.75) is 71.5 Å². The number of carbonyl (C=O) groups is 2. The summed E-state index contributed by atoms with van der Waals surface area (Å²) in [5, 5.41) is 41.1. The van der Waals surface area contributed by atoms with Gasteiger partial charge in [0.25, 0.3) is 0 Å². The van der Waals surface area contributed by atoms with E-state index < -0.39 is 35.1 Å². The van der Waals surface area contributed by atoms with E-state index in [0.29, 0.717) is 12.8 Å². The van der Waals surface area contributed by atoms with Crippen molar-refractivity contribution in [2.24, 2.45) is 35.0 Å². The molecule has 0 aromatic carbocycles. The summed E-state index contributed by atoms with van der Waals surface area (Å²) >= 11 is 0. The molecule has 0 aromatic rings. The zero-order valence-electron chi connectivity index (χ0n) is 17.2. The van der Waals surface area contributed by atoms with Crippen molar-refractivity contribution in [2.75, 3.05) is 13.2 Å². The molecule has 27 heavy (non-hydrogen) atoms. The van der Waals surface area contributed by atoms with Crippen LogP contribution in [0.1, 0.15) is 60.3 Å². The molecule has 2 rings (SSSR count). The number of rotatable bonds is 6. The first-order valence-corrected chi connectivity index (χ1v) is 10.1. The Morgan fingerprint density at radius 3 is 2.30 bits per heavy atom. The quantitative estimate of drug-likeness (QED) is 0.549. The molecule has 2 aliphatic carbocycles. The molecule has 4 N–H and O–H groups in total. The van der Waals surface area contributed by atoms with Crippen molar-refractivity contribution < 1.29 is 30.0 Å². The van der Waals surface area contributed by atoms with E-state index in [0.717, 1.165) is 0 Å². The molecule has 0 bridgehead atoms. The highest BCUT2D eigenvalue weighted by atomic mass is 16.3. The van der Waals surface area contributed by atoms with E-state index in [4.69, 9.17) is 0 Å². The van der Waals surface area contributed by atoms with Gasteiger partial charge in [0.05, 0.1) is 12.2 Å². The third kappa shape index (κ3) is 3.39. The van der Waals surface area contributed by atoms with E-state index in [1.54, 1.807) is 0 Å². The Hall–Kier alpha value is -0.820. The summed E-state index contributed by atoms with van der Waals surface area (Å²) in [5.74, 6) is -2.33. The number of hydrogen-bond acceptors (Lipinski definition) is 6. The molecule has 2 fully saturated rings. The van der Waals surface area contributed by atoms with Crippen LogP contribution >= 0.6 is 0 Å². The second-order valence-corrected chi connectivity index (χ2v) is 9.45. The predicted molar refractivity (Wildman–Crippen MR) is 101 cm³/mol. The zero-order chi connectivity index (χ0) is 20.8. The lowest BCUT2D eigenvalue weighted by Crippen LogP contribution is -2.69. The minimum absolute atomic E-state index is 0.0199. The number of fused-ring (bicyclic) bond motifs is 1. The van der Waals surface area contributed by atoms with Crippen molar-refractivity contribution in [1.82, 2.24) is 0 Å². The number of Topliss-reactive ketones (excluding diaryl/α,β-unsaturated/α-hetero) is 2. The third-order valence-electron chi connectivity index (χ3n) is 7.58. The SMILES string of the molecule is CC[C@@H](C)[C@H]1[C@](C)(O)C(=O)[C@H]2C[C@@](O)(CO)C[C@@H](C)C2[C@@]1(C)C(=O)CCO. The average Bonchev–Trinajstić information content (AvgIpc) is 2.59. The fourth-order valence-corrected chi connectivity index (χ4v) is 6.57. The second kappa shape index (κ2) is 7.54. The van der Waals surface area contributed by atoms with E-state index in [1.165, 1.54) is 6.92 Å². The van der Waals surface area contributed by atoms with Gasteiger partial charge in [-0.05, 0) is 37.5 Å². The maximum atomic E-state index is 13.3. The van der Waals surface area contributed by atoms with Gasteiger partial charge >= 0.3 is 0 Å². The molecular formula is C21H36O6. The van der Waals surface area contributed by atoms with Crippen LogP contribution in [0.5, 0.6) is 0 Å². The number of aliphatic hydroxyl groups is 4.